The molecule has 130 valence electrons. The lowest BCUT2D eigenvalue weighted by atomic mass is 10.2. The summed E-state index contributed by atoms with van der Waals surface area (Å²) in [5, 5.41) is 13.7. The van der Waals surface area contributed by atoms with Gasteiger partial charge in [0.1, 0.15) is 11.6 Å². The molecule has 3 aromatic rings. The van der Waals surface area contributed by atoms with Crippen molar-refractivity contribution in [3.63, 3.8) is 0 Å². The normalized spacial score (nSPS) is 14.0. The van der Waals surface area contributed by atoms with Gasteiger partial charge in [0, 0.05) is 18.0 Å². The van der Waals surface area contributed by atoms with E-state index in [0.29, 0.717) is 23.4 Å². The first-order valence-corrected chi connectivity index (χ1v) is 9.30. The van der Waals surface area contributed by atoms with E-state index in [1.165, 1.54) is 12.8 Å². The molecule has 0 bridgehead atoms. The highest BCUT2D eigenvalue weighted by Crippen LogP contribution is 2.40. The van der Waals surface area contributed by atoms with E-state index < -0.39 is 0 Å². The molecule has 0 spiro atoms. The highest BCUT2D eigenvalue weighted by molar-refractivity contribution is 7.98. The molecule has 25 heavy (non-hydrogen) atoms. The van der Waals surface area contributed by atoms with Crippen molar-refractivity contribution in [3.8, 4) is 17.2 Å². The van der Waals surface area contributed by atoms with Gasteiger partial charge in [-0.3, -0.25) is 0 Å². The summed E-state index contributed by atoms with van der Waals surface area (Å²) < 4.78 is 12.7. The van der Waals surface area contributed by atoms with E-state index >= 15 is 0 Å². The van der Waals surface area contributed by atoms with E-state index in [0.717, 1.165) is 28.8 Å². The second-order valence-corrected chi connectivity index (χ2v) is 6.83. The Hall–Kier alpha value is -2.35. The van der Waals surface area contributed by atoms with Crippen molar-refractivity contribution in [1.82, 2.24) is 24.9 Å². The zero-order valence-corrected chi connectivity index (χ0v) is 15.0. The number of hydrogen-bond donors (Lipinski definition) is 0. The van der Waals surface area contributed by atoms with Crippen LogP contribution in [0.2, 0.25) is 0 Å². The van der Waals surface area contributed by atoms with Crippen LogP contribution in [0.5, 0.6) is 5.75 Å². The van der Waals surface area contributed by atoms with Crippen molar-refractivity contribution in [3.05, 3.63) is 35.9 Å². The Bertz CT molecular complexity index is 854. The van der Waals surface area contributed by atoms with E-state index in [9.17, 15) is 0 Å². The molecule has 0 atom stereocenters. The van der Waals surface area contributed by atoms with Crippen LogP contribution in [-0.2, 0) is 12.3 Å². The third-order valence-electron chi connectivity index (χ3n) is 4.14. The molecule has 0 radical (unpaired) electrons. The Labute approximate surface area is 149 Å². The smallest absolute Gasteiger partial charge is 0.257 e. The number of ether oxygens (including phenoxy) is 1. The van der Waals surface area contributed by atoms with Gasteiger partial charge in [0.25, 0.3) is 5.89 Å². The summed E-state index contributed by atoms with van der Waals surface area (Å²) in [4.78, 5) is 4.46. The fourth-order valence-corrected chi connectivity index (χ4v) is 3.49. The molecule has 0 saturated heterocycles. The maximum absolute atomic E-state index is 5.36. The van der Waals surface area contributed by atoms with Crippen LogP contribution in [0.4, 0.5) is 0 Å². The first-order chi connectivity index (χ1) is 12.3. The van der Waals surface area contributed by atoms with Crippen molar-refractivity contribution in [2.24, 2.45) is 0 Å². The third-order valence-corrected chi connectivity index (χ3v) is 5.10. The molecular formula is C17H19N5O2S. The largest absolute Gasteiger partial charge is 0.497 e. The molecule has 1 aliphatic rings. The minimum Gasteiger partial charge on any atom is -0.497 e. The van der Waals surface area contributed by atoms with Crippen molar-refractivity contribution in [2.45, 2.75) is 43.1 Å². The van der Waals surface area contributed by atoms with Crippen LogP contribution >= 0.6 is 11.8 Å². The zero-order chi connectivity index (χ0) is 17.2. The lowest BCUT2D eigenvalue weighted by molar-refractivity contribution is 0.414. The van der Waals surface area contributed by atoms with Crippen LogP contribution in [0.3, 0.4) is 0 Å². The molecule has 2 aromatic heterocycles. The van der Waals surface area contributed by atoms with Gasteiger partial charge in [-0.1, -0.05) is 16.9 Å². The predicted octanol–water partition coefficient (Wildman–Crippen LogP) is 3.53. The Morgan fingerprint density at radius 1 is 1.24 bits per heavy atom. The fourth-order valence-electron chi connectivity index (χ4n) is 2.64. The van der Waals surface area contributed by atoms with Crippen LogP contribution in [0.25, 0.3) is 11.5 Å². The SMILES string of the molecule is CCn1c(SCc2noc(-c3ccc(OC)cc3)n2)nnc1C1CC1. The van der Waals surface area contributed by atoms with Crippen molar-refractivity contribution >= 4 is 11.8 Å². The molecular weight excluding hydrogens is 338 g/mol. The summed E-state index contributed by atoms with van der Waals surface area (Å²) in [6, 6.07) is 7.55. The molecule has 7 nitrogen and oxygen atoms in total. The number of hydrogen-bond acceptors (Lipinski definition) is 7. The average Bonchev–Trinajstić information content (AvgIpc) is 3.24. The van der Waals surface area contributed by atoms with Crippen LogP contribution < -0.4 is 4.74 Å². The molecule has 4 rings (SSSR count). The van der Waals surface area contributed by atoms with E-state index in [1.54, 1.807) is 18.9 Å². The molecule has 1 aliphatic carbocycles. The topological polar surface area (TPSA) is 78.9 Å². The van der Waals surface area contributed by atoms with E-state index in [-0.39, 0.29) is 0 Å². The maximum Gasteiger partial charge on any atom is 0.257 e. The lowest BCUT2D eigenvalue weighted by Gasteiger charge is -2.04. The number of nitrogens with zero attached hydrogens (tertiary/aromatic N) is 5. The van der Waals surface area contributed by atoms with Gasteiger partial charge in [0.15, 0.2) is 11.0 Å². The number of rotatable bonds is 7. The molecule has 0 unspecified atom stereocenters. The summed E-state index contributed by atoms with van der Waals surface area (Å²) >= 11 is 1.59. The van der Waals surface area contributed by atoms with Crippen LogP contribution in [-0.4, -0.2) is 32.0 Å². The lowest BCUT2D eigenvalue weighted by Crippen LogP contribution is -2.02. The van der Waals surface area contributed by atoms with Crippen molar-refractivity contribution in [1.29, 1.82) is 0 Å². The molecule has 1 aromatic carbocycles. The second kappa shape index (κ2) is 6.87. The van der Waals surface area contributed by atoms with Crippen molar-refractivity contribution in [2.75, 3.05) is 7.11 Å². The monoisotopic (exact) mass is 357 g/mol. The molecule has 1 saturated carbocycles. The quantitative estimate of drug-likeness (QED) is 0.599. The molecule has 0 aliphatic heterocycles. The van der Waals surface area contributed by atoms with Gasteiger partial charge in [0.05, 0.1) is 12.9 Å². The number of benzene rings is 1. The van der Waals surface area contributed by atoms with E-state index in [2.05, 4.69) is 31.8 Å². The van der Waals surface area contributed by atoms with Gasteiger partial charge in [-0.15, -0.1) is 10.2 Å². The summed E-state index contributed by atoms with van der Waals surface area (Å²) in [6.45, 7) is 3.00. The van der Waals surface area contributed by atoms with Crippen LogP contribution in [0.15, 0.2) is 33.9 Å². The maximum atomic E-state index is 5.36. The van der Waals surface area contributed by atoms with Gasteiger partial charge in [0.2, 0.25) is 0 Å². The molecule has 2 heterocycles. The minimum absolute atomic E-state index is 0.508. The summed E-state index contributed by atoms with van der Waals surface area (Å²) in [7, 11) is 1.64. The summed E-state index contributed by atoms with van der Waals surface area (Å²) in [5.41, 5.74) is 0.872. The van der Waals surface area contributed by atoms with Crippen LogP contribution in [0, 0.1) is 0 Å². The average molecular weight is 357 g/mol. The highest BCUT2D eigenvalue weighted by atomic mass is 32.2. The number of methoxy groups -OCH3 is 1. The van der Waals surface area contributed by atoms with Gasteiger partial charge >= 0.3 is 0 Å². The van der Waals surface area contributed by atoms with Crippen molar-refractivity contribution < 1.29 is 9.26 Å². The second-order valence-electron chi connectivity index (χ2n) is 5.89. The van der Waals surface area contributed by atoms with E-state index in [1.807, 2.05) is 24.3 Å². The molecule has 0 N–H and O–H groups in total. The summed E-state index contributed by atoms with van der Waals surface area (Å²) in [6.07, 6.45) is 2.44. The molecule has 0 amide bonds. The van der Waals surface area contributed by atoms with Crippen LogP contribution in [0.1, 0.15) is 37.3 Å². The predicted molar refractivity (Wildman–Crippen MR) is 93.5 cm³/mol. The summed E-state index contributed by atoms with van der Waals surface area (Å²) in [5.74, 6) is 4.25. The Balaban J connectivity index is 1.44. The van der Waals surface area contributed by atoms with Gasteiger partial charge in [-0.25, -0.2) is 0 Å². The van der Waals surface area contributed by atoms with Gasteiger partial charge in [-0.05, 0) is 44.0 Å². The number of thioether (sulfide) groups is 1. The Morgan fingerprint density at radius 3 is 2.72 bits per heavy atom. The Morgan fingerprint density at radius 2 is 2.04 bits per heavy atom. The Kier molecular flexibility index (Phi) is 4.44. The van der Waals surface area contributed by atoms with Gasteiger partial charge in [-0.2, -0.15) is 4.98 Å². The first-order valence-electron chi connectivity index (χ1n) is 8.31. The zero-order valence-electron chi connectivity index (χ0n) is 14.2. The molecule has 8 heteroatoms. The van der Waals surface area contributed by atoms with E-state index in [4.69, 9.17) is 9.26 Å². The third kappa shape index (κ3) is 3.39. The number of aromatic nitrogens is 5. The highest BCUT2D eigenvalue weighted by Gasteiger charge is 2.30. The fraction of sp³-hybridized carbons (Fsp3) is 0.412. The standard InChI is InChI=1S/C17H19N5O2S/c1-3-22-15(11-4-5-11)19-20-17(22)25-10-14-18-16(24-21-14)12-6-8-13(23-2)9-7-12/h6-9,11H,3-5,10H2,1-2H3. The minimum atomic E-state index is 0.508. The molecule has 1 fully saturated rings. The van der Waals surface area contributed by atoms with Gasteiger partial charge < -0.3 is 13.8 Å². The first kappa shape index (κ1) is 16.1.